The number of aromatic nitrogens is 3. The molecule has 0 saturated carbocycles. The lowest BCUT2D eigenvalue weighted by Gasteiger charge is -2.15. The van der Waals surface area contributed by atoms with Crippen molar-refractivity contribution in [2.45, 2.75) is 12.8 Å². The number of hydrogen-bond acceptors (Lipinski definition) is 2. The summed E-state index contributed by atoms with van der Waals surface area (Å²) in [5.41, 5.74) is 9.36. The molecule has 4 heteroatoms. The lowest BCUT2D eigenvalue weighted by Crippen LogP contribution is -2.02. The molecule has 0 amide bonds. The summed E-state index contributed by atoms with van der Waals surface area (Å²) < 4.78 is 4.73. The van der Waals surface area contributed by atoms with Crippen molar-refractivity contribution < 1.29 is 0 Å². The third kappa shape index (κ3) is 3.60. The van der Waals surface area contributed by atoms with Crippen LogP contribution in [-0.2, 0) is 0 Å². The smallest absolute Gasteiger partial charge is 0.145 e. The molecule has 3 aromatic heterocycles. The zero-order valence-corrected chi connectivity index (χ0v) is 22.1. The van der Waals surface area contributed by atoms with Crippen LogP contribution in [0.1, 0.15) is 12.8 Å². The van der Waals surface area contributed by atoms with E-state index in [-0.39, 0.29) is 0 Å². The van der Waals surface area contributed by atoms with E-state index in [1.807, 2.05) is 0 Å². The largest absolute Gasteiger partial charge is 0.301 e. The minimum Gasteiger partial charge on any atom is -0.301 e. The highest BCUT2D eigenvalue weighted by molar-refractivity contribution is 7.17. The van der Waals surface area contributed by atoms with Gasteiger partial charge in [0, 0.05) is 27.7 Å². The normalized spacial score (nSPS) is 13.5. The van der Waals surface area contributed by atoms with E-state index in [0.717, 1.165) is 35.3 Å². The molecule has 0 saturated heterocycles. The average molecular weight is 520 g/mol. The maximum Gasteiger partial charge on any atom is 0.145 e. The molecule has 8 rings (SSSR count). The van der Waals surface area contributed by atoms with Crippen LogP contribution in [0.2, 0.25) is 0 Å². The highest BCUT2D eigenvalue weighted by Crippen LogP contribution is 2.37. The predicted octanol–water partition coefficient (Wildman–Crippen LogP) is 9.72. The van der Waals surface area contributed by atoms with E-state index in [2.05, 4.69) is 136 Å². The van der Waals surface area contributed by atoms with E-state index >= 15 is 0 Å². The van der Waals surface area contributed by atoms with Crippen molar-refractivity contribution in [1.29, 1.82) is 0 Å². The van der Waals surface area contributed by atoms with Crippen LogP contribution in [0.15, 0.2) is 127 Å². The van der Waals surface area contributed by atoms with E-state index in [4.69, 9.17) is 4.98 Å². The molecular formula is C35H25N3S. The number of hydrogen-bond donors (Lipinski definition) is 0. The number of thiophene rings is 1. The molecule has 186 valence electrons. The second-order valence-corrected chi connectivity index (χ2v) is 10.9. The van der Waals surface area contributed by atoms with E-state index in [1.54, 1.807) is 11.3 Å². The van der Waals surface area contributed by atoms with Crippen molar-refractivity contribution in [3.05, 3.63) is 127 Å². The van der Waals surface area contributed by atoms with E-state index in [9.17, 15) is 0 Å². The van der Waals surface area contributed by atoms with Crippen LogP contribution < -0.4 is 0 Å². The number of allylic oxidation sites excluding steroid dienone is 4. The maximum atomic E-state index is 5.22. The fourth-order valence-electron chi connectivity index (χ4n) is 5.85. The second-order valence-electron chi connectivity index (χ2n) is 10.0. The van der Waals surface area contributed by atoms with Crippen molar-refractivity contribution in [2.75, 3.05) is 0 Å². The Bertz CT molecular complexity index is 2050. The summed E-state index contributed by atoms with van der Waals surface area (Å²) in [5.74, 6) is 0.988. The molecule has 4 aromatic carbocycles. The lowest BCUT2D eigenvalue weighted by molar-refractivity contribution is 0.960. The molecule has 1 aliphatic carbocycles. The molecule has 0 unspecified atom stereocenters. The number of imidazole rings is 1. The van der Waals surface area contributed by atoms with E-state index in [0.29, 0.717) is 0 Å². The minimum absolute atomic E-state index is 0.988. The Balaban J connectivity index is 1.29. The standard InChI is InChI=1S/C35H25N3S/c1-3-9-24(10-4-1)26-17-20-33-31(23-26)36-34(37(33)27-11-5-2-6-12-27)25-15-18-28(19-16-25)38-32-14-8-7-13-29(32)30-21-22-39-35(30)38/h1-5,7-11,13-23H,6,12H2. The molecule has 3 nitrogen and oxygen atoms in total. The van der Waals surface area contributed by atoms with Crippen LogP contribution in [0.25, 0.3) is 66.1 Å². The molecule has 0 radical (unpaired) electrons. The number of nitrogens with zero attached hydrogens (tertiary/aromatic N) is 3. The Hall–Kier alpha value is -4.67. The van der Waals surface area contributed by atoms with Gasteiger partial charge in [-0.25, -0.2) is 4.98 Å². The minimum atomic E-state index is 0.988. The summed E-state index contributed by atoms with van der Waals surface area (Å²) >= 11 is 1.79. The molecule has 7 aromatic rings. The quantitative estimate of drug-likeness (QED) is 0.227. The highest BCUT2D eigenvalue weighted by atomic mass is 32.1. The fourth-order valence-corrected chi connectivity index (χ4v) is 6.80. The van der Waals surface area contributed by atoms with Crippen LogP contribution in [0.5, 0.6) is 0 Å². The number of rotatable bonds is 4. The topological polar surface area (TPSA) is 22.8 Å². The van der Waals surface area contributed by atoms with Crippen LogP contribution in [0, 0.1) is 0 Å². The summed E-state index contributed by atoms with van der Waals surface area (Å²) in [6.07, 6.45) is 8.67. The molecular weight excluding hydrogens is 494 g/mol. The number of fused-ring (bicyclic) bond motifs is 4. The molecule has 0 bridgehead atoms. The summed E-state index contributed by atoms with van der Waals surface area (Å²) in [5, 5.41) is 4.79. The van der Waals surface area contributed by atoms with Gasteiger partial charge in [-0.3, -0.25) is 4.57 Å². The van der Waals surface area contributed by atoms with Gasteiger partial charge in [0.15, 0.2) is 0 Å². The Labute approximate surface area is 230 Å². The molecule has 3 heterocycles. The van der Waals surface area contributed by atoms with Gasteiger partial charge in [0.1, 0.15) is 10.7 Å². The monoisotopic (exact) mass is 519 g/mol. The van der Waals surface area contributed by atoms with Gasteiger partial charge in [0.05, 0.1) is 16.6 Å². The van der Waals surface area contributed by atoms with Gasteiger partial charge in [-0.15, -0.1) is 11.3 Å². The molecule has 1 aliphatic rings. The first kappa shape index (κ1) is 22.3. The van der Waals surface area contributed by atoms with Crippen molar-refractivity contribution in [3.8, 4) is 28.2 Å². The maximum absolute atomic E-state index is 5.22. The van der Waals surface area contributed by atoms with Crippen LogP contribution in [0.3, 0.4) is 0 Å². The fraction of sp³-hybridized carbons (Fsp3) is 0.0571. The summed E-state index contributed by atoms with van der Waals surface area (Å²) in [7, 11) is 0. The molecule has 39 heavy (non-hydrogen) atoms. The van der Waals surface area contributed by atoms with Gasteiger partial charge in [0.2, 0.25) is 0 Å². The second kappa shape index (κ2) is 8.97. The SMILES string of the molecule is C1=CCCC(n2c(-c3ccc(-n4c5ccccc5c5ccsc54)cc3)nc3cc(-c4ccccc4)ccc32)=C1. The third-order valence-corrected chi connectivity index (χ3v) is 8.61. The third-order valence-electron chi connectivity index (χ3n) is 7.71. The number of benzene rings is 4. The zero-order valence-electron chi connectivity index (χ0n) is 21.3. The van der Waals surface area contributed by atoms with Crippen molar-refractivity contribution in [1.82, 2.24) is 14.1 Å². The molecule has 0 N–H and O–H groups in total. The Kier molecular flexibility index (Phi) is 5.13. The lowest BCUT2D eigenvalue weighted by atomic mass is 10.1. The molecule has 0 spiro atoms. The summed E-state index contributed by atoms with van der Waals surface area (Å²) in [6.45, 7) is 0. The average Bonchev–Trinajstić information content (AvgIpc) is 3.71. The molecule has 0 atom stereocenters. The van der Waals surface area contributed by atoms with Gasteiger partial charge in [-0.05, 0) is 84.0 Å². The summed E-state index contributed by atoms with van der Waals surface area (Å²) in [4.78, 5) is 6.50. The Morgan fingerprint density at radius 3 is 2.33 bits per heavy atom. The predicted molar refractivity (Wildman–Crippen MR) is 165 cm³/mol. The first-order chi connectivity index (χ1) is 19.3. The van der Waals surface area contributed by atoms with Gasteiger partial charge in [0.25, 0.3) is 0 Å². The zero-order chi connectivity index (χ0) is 25.8. The van der Waals surface area contributed by atoms with Crippen molar-refractivity contribution in [2.24, 2.45) is 0 Å². The van der Waals surface area contributed by atoms with Crippen LogP contribution in [0.4, 0.5) is 0 Å². The highest BCUT2D eigenvalue weighted by Gasteiger charge is 2.18. The molecule has 0 aliphatic heterocycles. The van der Waals surface area contributed by atoms with Gasteiger partial charge in [-0.2, -0.15) is 0 Å². The van der Waals surface area contributed by atoms with Gasteiger partial charge >= 0.3 is 0 Å². The van der Waals surface area contributed by atoms with Crippen LogP contribution >= 0.6 is 11.3 Å². The van der Waals surface area contributed by atoms with Crippen LogP contribution in [-0.4, -0.2) is 14.1 Å². The summed E-state index contributed by atoms with van der Waals surface area (Å²) in [6, 6.07) is 37.0. The molecule has 0 fully saturated rings. The first-order valence-corrected chi connectivity index (χ1v) is 14.2. The van der Waals surface area contributed by atoms with Gasteiger partial charge in [-0.1, -0.05) is 66.7 Å². The van der Waals surface area contributed by atoms with E-state index in [1.165, 1.54) is 43.6 Å². The van der Waals surface area contributed by atoms with Crippen molar-refractivity contribution in [3.63, 3.8) is 0 Å². The van der Waals surface area contributed by atoms with Gasteiger partial charge < -0.3 is 4.57 Å². The van der Waals surface area contributed by atoms with Crippen molar-refractivity contribution >= 4 is 49.2 Å². The number of para-hydroxylation sites is 1. The first-order valence-electron chi connectivity index (χ1n) is 13.4. The Morgan fingerprint density at radius 2 is 1.49 bits per heavy atom. The Morgan fingerprint density at radius 1 is 0.667 bits per heavy atom. The van der Waals surface area contributed by atoms with E-state index < -0.39 is 0 Å².